The summed E-state index contributed by atoms with van der Waals surface area (Å²) in [5, 5.41) is 5.40. The summed E-state index contributed by atoms with van der Waals surface area (Å²) >= 11 is 1.42. The van der Waals surface area contributed by atoms with Gasteiger partial charge in [0, 0.05) is 19.0 Å². The smallest absolute Gasteiger partial charge is 0.270 e. The van der Waals surface area contributed by atoms with Crippen LogP contribution in [-0.4, -0.2) is 31.3 Å². The highest BCUT2D eigenvalue weighted by atomic mass is 32.1. The Hall–Kier alpha value is -2.12. The summed E-state index contributed by atoms with van der Waals surface area (Å²) in [6.45, 7) is 1.23. The van der Waals surface area contributed by atoms with E-state index < -0.39 is 0 Å². The van der Waals surface area contributed by atoms with Crippen LogP contribution in [0.15, 0.2) is 23.6 Å². The fourth-order valence-corrected chi connectivity index (χ4v) is 2.86. The molecule has 7 heteroatoms. The van der Waals surface area contributed by atoms with Gasteiger partial charge in [-0.1, -0.05) is 6.07 Å². The number of carbonyl (C=O) groups excluding carboxylic acids is 1. The van der Waals surface area contributed by atoms with Crippen molar-refractivity contribution < 1.29 is 19.0 Å². The largest absolute Gasteiger partial charge is 0.454 e. The number of rotatable bonds is 6. The predicted octanol–water partition coefficient (Wildman–Crippen LogP) is 1.99. The molecule has 2 heterocycles. The maximum atomic E-state index is 12.0. The van der Waals surface area contributed by atoms with E-state index in [-0.39, 0.29) is 12.7 Å². The van der Waals surface area contributed by atoms with Crippen LogP contribution in [0.4, 0.5) is 0 Å². The number of aromatic nitrogens is 1. The minimum Gasteiger partial charge on any atom is -0.454 e. The SMILES string of the molecule is COCc1nc(C(=O)NCCc2ccc3c(c2)OCO3)cs1. The van der Waals surface area contributed by atoms with Crippen LogP contribution in [0.5, 0.6) is 11.5 Å². The van der Waals surface area contributed by atoms with Crippen LogP contribution in [0.3, 0.4) is 0 Å². The lowest BCUT2D eigenvalue weighted by molar-refractivity contribution is 0.0949. The highest BCUT2D eigenvalue weighted by Gasteiger charge is 2.14. The van der Waals surface area contributed by atoms with Gasteiger partial charge in [0.05, 0.1) is 6.61 Å². The molecule has 0 fully saturated rings. The number of amides is 1. The number of nitrogens with one attached hydrogen (secondary N) is 1. The molecule has 0 bridgehead atoms. The maximum Gasteiger partial charge on any atom is 0.270 e. The Morgan fingerprint density at radius 3 is 3.14 bits per heavy atom. The van der Waals surface area contributed by atoms with E-state index in [1.807, 2.05) is 18.2 Å². The molecule has 1 N–H and O–H groups in total. The van der Waals surface area contributed by atoms with Crippen LogP contribution in [0, 0.1) is 0 Å². The lowest BCUT2D eigenvalue weighted by Crippen LogP contribution is -2.26. The first kappa shape index (κ1) is 14.8. The Balaban J connectivity index is 1.50. The maximum absolute atomic E-state index is 12.0. The van der Waals surface area contributed by atoms with Crippen molar-refractivity contribution in [3.8, 4) is 11.5 Å². The number of nitrogens with zero attached hydrogens (tertiary/aromatic N) is 1. The average molecular weight is 320 g/mol. The zero-order valence-corrected chi connectivity index (χ0v) is 12.9. The second kappa shape index (κ2) is 6.76. The van der Waals surface area contributed by atoms with Crippen LogP contribution in [-0.2, 0) is 17.8 Å². The van der Waals surface area contributed by atoms with Crippen molar-refractivity contribution in [3.63, 3.8) is 0 Å². The first-order valence-corrected chi connectivity index (χ1v) is 7.74. The molecule has 22 heavy (non-hydrogen) atoms. The van der Waals surface area contributed by atoms with Gasteiger partial charge < -0.3 is 19.5 Å². The molecule has 0 unspecified atom stereocenters. The first-order chi connectivity index (χ1) is 10.8. The Kier molecular flexibility index (Phi) is 4.55. The molecule has 0 saturated carbocycles. The number of hydrogen-bond donors (Lipinski definition) is 1. The van der Waals surface area contributed by atoms with Gasteiger partial charge in [-0.25, -0.2) is 4.98 Å². The highest BCUT2D eigenvalue weighted by molar-refractivity contribution is 7.09. The number of methoxy groups -OCH3 is 1. The summed E-state index contributed by atoms with van der Waals surface area (Å²) in [7, 11) is 1.60. The predicted molar refractivity (Wildman–Crippen MR) is 81.4 cm³/mol. The van der Waals surface area contributed by atoms with E-state index in [2.05, 4.69) is 10.3 Å². The number of ether oxygens (including phenoxy) is 3. The van der Waals surface area contributed by atoms with Crippen LogP contribution < -0.4 is 14.8 Å². The summed E-state index contributed by atoms with van der Waals surface area (Å²) in [5.74, 6) is 1.35. The Morgan fingerprint density at radius 1 is 1.41 bits per heavy atom. The first-order valence-electron chi connectivity index (χ1n) is 6.86. The molecule has 1 aliphatic heterocycles. The van der Waals surface area contributed by atoms with Gasteiger partial charge in [-0.15, -0.1) is 11.3 Å². The van der Waals surface area contributed by atoms with Crippen molar-refractivity contribution in [2.75, 3.05) is 20.4 Å². The highest BCUT2D eigenvalue weighted by Crippen LogP contribution is 2.32. The summed E-state index contributed by atoms with van der Waals surface area (Å²) in [5.41, 5.74) is 1.52. The summed E-state index contributed by atoms with van der Waals surface area (Å²) in [6, 6.07) is 5.80. The minimum atomic E-state index is -0.167. The molecule has 0 radical (unpaired) electrons. The third-order valence-electron chi connectivity index (χ3n) is 3.19. The van der Waals surface area contributed by atoms with E-state index in [1.165, 1.54) is 11.3 Å². The van der Waals surface area contributed by atoms with E-state index in [0.29, 0.717) is 18.8 Å². The molecule has 2 aromatic rings. The second-order valence-corrected chi connectivity index (χ2v) is 5.70. The quantitative estimate of drug-likeness (QED) is 0.881. The summed E-state index contributed by atoms with van der Waals surface area (Å²) in [4.78, 5) is 16.2. The van der Waals surface area contributed by atoms with E-state index in [9.17, 15) is 4.79 Å². The normalized spacial score (nSPS) is 12.4. The Labute approximate surface area is 132 Å². The minimum absolute atomic E-state index is 0.167. The average Bonchev–Trinajstić information content (AvgIpc) is 3.16. The second-order valence-electron chi connectivity index (χ2n) is 4.75. The van der Waals surface area contributed by atoms with Gasteiger partial charge in [0.2, 0.25) is 6.79 Å². The molecule has 1 aliphatic rings. The van der Waals surface area contributed by atoms with E-state index in [1.54, 1.807) is 12.5 Å². The zero-order valence-electron chi connectivity index (χ0n) is 12.1. The topological polar surface area (TPSA) is 69.7 Å². The molecule has 6 nitrogen and oxygen atoms in total. The number of benzene rings is 1. The molecular weight excluding hydrogens is 304 g/mol. The molecule has 0 saturated heterocycles. The molecule has 116 valence electrons. The van der Waals surface area contributed by atoms with Gasteiger partial charge in [0.25, 0.3) is 5.91 Å². The molecule has 1 aromatic carbocycles. The van der Waals surface area contributed by atoms with Crippen molar-refractivity contribution in [1.82, 2.24) is 10.3 Å². The van der Waals surface area contributed by atoms with E-state index >= 15 is 0 Å². The monoisotopic (exact) mass is 320 g/mol. The van der Waals surface area contributed by atoms with Gasteiger partial charge in [-0.2, -0.15) is 0 Å². The Bertz CT molecular complexity index is 671. The van der Waals surface area contributed by atoms with Crippen LogP contribution in [0.2, 0.25) is 0 Å². The van der Waals surface area contributed by atoms with Gasteiger partial charge in [-0.05, 0) is 24.1 Å². The van der Waals surface area contributed by atoms with Crippen LogP contribution in [0.1, 0.15) is 21.1 Å². The lowest BCUT2D eigenvalue weighted by Gasteiger charge is -2.04. The molecule has 0 aliphatic carbocycles. The lowest BCUT2D eigenvalue weighted by atomic mass is 10.1. The summed E-state index contributed by atoms with van der Waals surface area (Å²) < 4.78 is 15.6. The molecule has 1 amide bonds. The third-order valence-corrected chi connectivity index (χ3v) is 4.01. The van der Waals surface area contributed by atoms with E-state index in [4.69, 9.17) is 14.2 Å². The standard InChI is InChI=1S/C15H16N2O4S/c1-19-7-14-17-11(8-22-14)15(18)16-5-4-10-2-3-12-13(6-10)21-9-20-12/h2-3,6,8H,4-5,7,9H2,1H3,(H,16,18). The van der Waals surface area contributed by atoms with Gasteiger partial charge in [0.1, 0.15) is 10.7 Å². The molecule has 1 aromatic heterocycles. The van der Waals surface area contributed by atoms with Crippen molar-refractivity contribution >= 4 is 17.2 Å². The molecule has 3 rings (SSSR count). The fraction of sp³-hybridized carbons (Fsp3) is 0.333. The van der Waals surface area contributed by atoms with Crippen LogP contribution in [0.25, 0.3) is 0 Å². The molecule has 0 spiro atoms. The van der Waals surface area contributed by atoms with Gasteiger partial charge in [0.15, 0.2) is 11.5 Å². The zero-order chi connectivity index (χ0) is 15.4. The fourth-order valence-electron chi connectivity index (χ4n) is 2.11. The van der Waals surface area contributed by atoms with Crippen molar-refractivity contribution in [2.45, 2.75) is 13.0 Å². The molecular formula is C15H16N2O4S. The van der Waals surface area contributed by atoms with Gasteiger partial charge >= 0.3 is 0 Å². The Morgan fingerprint density at radius 2 is 2.27 bits per heavy atom. The number of fused-ring (bicyclic) bond motifs is 1. The van der Waals surface area contributed by atoms with E-state index in [0.717, 1.165) is 28.5 Å². The molecule has 0 atom stereocenters. The number of hydrogen-bond acceptors (Lipinski definition) is 6. The number of carbonyl (C=O) groups is 1. The van der Waals surface area contributed by atoms with Crippen molar-refractivity contribution in [1.29, 1.82) is 0 Å². The van der Waals surface area contributed by atoms with Gasteiger partial charge in [-0.3, -0.25) is 4.79 Å². The summed E-state index contributed by atoms with van der Waals surface area (Å²) in [6.07, 6.45) is 0.720. The van der Waals surface area contributed by atoms with Crippen molar-refractivity contribution in [2.24, 2.45) is 0 Å². The van der Waals surface area contributed by atoms with Crippen molar-refractivity contribution in [3.05, 3.63) is 39.8 Å². The number of thiazole rings is 1. The third kappa shape index (κ3) is 3.37. The van der Waals surface area contributed by atoms with Crippen LogP contribution >= 0.6 is 11.3 Å².